The van der Waals surface area contributed by atoms with Crippen molar-refractivity contribution in [2.24, 2.45) is 5.73 Å². The fourth-order valence-corrected chi connectivity index (χ4v) is 1.33. The van der Waals surface area contributed by atoms with E-state index in [-0.39, 0.29) is 0 Å². The van der Waals surface area contributed by atoms with Gasteiger partial charge < -0.3 is 10.5 Å². The van der Waals surface area contributed by atoms with Crippen molar-refractivity contribution in [2.75, 3.05) is 7.11 Å². The molecule has 2 N–H and O–H groups in total. The fraction of sp³-hybridized carbons (Fsp3) is 0.300. The van der Waals surface area contributed by atoms with Crippen LogP contribution in [0, 0.1) is 23.3 Å². The molecule has 0 aliphatic rings. The van der Waals surface area contributed by atoms with Gasteiger partial charge in [-0.2, -0.15) is 0 Å². The van der Waals surface area contributed by atoms with Crippen LogP contribution in [0.5, 0.6) is 0 Å². The Hall–Kier alpha value is -1.63. The molecule has 94 valence electrons. The number of carbonyl (C=O) groups excluding carboxylic acids is 1. The normalized spacial score (nSPS) is 12.4. The summed E-state index contributed by atoms with van der Waals surface area (Å²) >= 11 is 0. The van der Waals surface area contributed by atoms with E-state index in [0.29, 0.717) is 0 Å². The van der Waals surface area contributed by atoms with E-state index >= 15 is 0 Å². The Morgan fingerprint density at radius 3 is 1.82 bits per heavy atom. The summed E-state index contributed by atoms with van der Waals surface area (Å²) in [6.45, 7) is 1.15. The summed E-state index contributed by atoms with van der Waals surface area (Å²) in [6, 6.07) is -1.26. The Bertz CT molecular complexity index is 445. The van der Waals surface area contributed by atoms with Crippen LogP contribution in [0.3, 0.4) is 0 Å². The molecule has 0 heterocycles. The summed E-state index contributed by atoms with van der Waals surface area (Å²) in [5.41, 5.74) is 2.82. The Labute approximate surface area is 94.2 Å². The van der Waals surface area contributed by atoms with Crippen LogP contribution in [0.4, 0.5) is 17.6 Å². The molecule has 0 saturated heterocycles. The quantitative estimate of drug-likeness (QED) is 0.497. The predicted octanol–water partition coefficient (Wildman–Crippen LogP) is 2.05. The lowest BCUT2D eigenvalue weighted by atomic mass is 10.0. The highest BCUT2D eigenvalue weighted by atomic mass is 19.2. The molecule has 0 bridgehead atoms. The second kappa shape index (κ2) is 4.70. The highest BCUT2D eigenvalue weighted by Crippen LogP contribution is 2.27. The summed E-state index contributed by atoms with van der Waals surface area (Å²) in [5, 5.41) is 0. The Morgan fingerprint density at radius 2 is 1.53 bits per heavy atom. The molecule has 7 heteroatoms. The zero-order chi connectivity index (χ0) is 13.3. The van der Waals surface area contributed by atoms with Gasteiger partial charge in [-0.15, -0.1) is 0 Å². The van der Waals surface area contributed by atoms with Crippen LogP contribution in [0.25, 0.3) is 0 Å². The molecule has 0 amide bonds. The summed E-state index contributed by atoms with van der Waals surface area (Å²) < 4.78 is 57.5. The highest BCUT2D eigenvalue weighted by Gasteiger charge is 2.30. The zero-order valence-electron chi connectivity index (χ0n) is 8.98. The van der Waals surface area contributed by atoms with Crippen LogP contribution in [0.15, 0.2) is 0 Å². The molecule has 0 fully saturated rings. The first kappa shape index (κ1) is 13.4. The van der Waals surface area contributed by atoms with Crippen LogP contribution in [0.1, 0.15) is 28.9 Å². The summed E-state index contributed by atoms with van der Waals surface area (Å²) in [6.07, 6.45) is 0. The van der Waals surface area contributed by atoms with Gasteiger partial charge in [-0.1, -0.05) is 0 Å². The number of esters is 1. The number of carbonyl (C=O) groups is 1. The maximum atomic E-state index is 13.4. The Kier molecular flexibility index (Phi) is 3.72. The molecule has 1 rings (SSSR count). The SMILES string of the molecule is COC(=O)c1c(F)c(F)c(C(C)N)c(F)c1F. The van der Waals surface area contributed by atoms with E-state index in [1.165, 1.54) is 0 Å². The minimum absolute atomic E-state index is 0.830. The van der Waals surface area contributed by atoms with E-state index in [0.717, 1.165) is 14.0 Å². The molecule has 1 aromatic carbocycles. The molecule has 0 aliphatic carbocycles. The second-order valence-corrected chi connectivity index (χ2v) is 3.32. The van der Waals surface area contributed by atoms with E-state index in [9.17, 15) is 22.4 Å². The molecular weight excluding hydrogens is 242 g/mol. The molecule has 0 saturated carbocycles. The Morgan fingerprint density at radius 1 is 1.12 bits per heavy atom. The zero-order valence-corrected chi connectivity index (χ0v) is 8.98. The minimum atomic E-state index is -1.82. The summed E-state index contributed by atoms with van der Waals surface area (Å²) in [7, 11) is 0.830. The second-order valence-electron chi connectivity index (χ2n) is 3.32. The maximum Gasteiger partial charge on any atom is 0.344 e. The molecular formula is C10H9F4NO2. The van der Waals surface area contributed by atoms with Gasteiger partial charge in [0, 0.05) is 11.6 Å². The van der Waals surface area contributed by atoms with Gasteiger partial charge in [0.1, 0.15) is 5.56 Å². The van der Waals surface area contributed by atoms with Crippen molar-refractivity contribution in [3.63, 3.8) is 0 Å². The van der Waals surface area contributed by atoms with Crippen LogP contribution in [-0.4, -0.2) is 13.1 Å². The van der Waals surface area contributed by atoms with Gasteiger partial charge in [-0.05, 0) is 6.92 Å². The first-order valence-corrected chi connectivity index (χ1v) is 4.52. The van der Waals surface area contributed by atoms with Crippen molar-refractivity contribution in [1.82, 2.24) is 0 Å². The summed E-state index contributed by atoms with van der Waals surface area (Å²) in [5.74, 6) is -8.53. The van der Waals surface area contributed by atoms with Crippen molar-refractivity contribution < 1.29 is 27.1 Å². The number of halogens is 4. The number of nitrogens with two attached hydrogens (primary N) is 1. The molecule has 1 aromatic rings. The number of rotatable bonds is 2. The van der Waals surface area contributed by atoms with Gasteiger partial charge in [-0.25, -0.2) is 22.4 Å². The maximum absolute atomic E-state index is 13.4. The predicted molar refractivity (Wildman–Crippen MR) is 50.2 cm³/mol. The Balaban J connectivity index is 3.64. The molecule has 0 radical (unpaired) electrons. The average molecular weight is 251 g/mol. The summed E-state index contributed by atoms with van der Waals surface area (Å²) in [4.78, 5) is 11.0. The third-order valence-corrected chi connectivity index (χ3v) is 2.14. The smallest absolute Gasteiger partial charge is 0.344 e. The van der Waals surface area contributed by atoms with E-state index < -0.39 is 46.4 Å². The van der Waals surface area contributed by atoms with E-state index in [2.05, 4.69) is 4.74 Å². The number of benzene rings is 1. The van der Waals surface area contributed by atoms with Gasteiger partial charge in [0.05, 0.1) is 7.11 Å². The van der Waals surface area contributed by atoms with Crippen molar-refractivity contribution in [2.45, 2.75) is 13.0 Å². The highest BCUT2D eigenvalue weighted by molar-refractivity contribution is 5.90. The molecule has 3 nitrogen and oxygen atoms in total. The van der Waals surface area contributed by atoms with Crippen LogP contribution in [0.2, 0.25) is 0 Å². The van der Waals surface area contributed by atoms with Crippen molar-refractivity contribution in [3.8, 4) is 0 Å². The minimum Gasteiger partial charge on any atom is -0.465 e. The number of hydrogen-bond acceptors (Lipinski definition) is 3. The first-order chi connectivity index (χ1) is 7.82. The largest absolute Gasteiger partial charge is 0.465 e. The average Bonchev–Trinajstić information content (AvgIpc) is 2.26. The van der Waals surface area contributed by atoms with Gasteiger partial charge in [0.2, 0.25) is 0 Å². The van der Waals surface area contributed by atoms with Crippen molar-refractivity contribution in [1.29, 1.82) is 0 Å². The lowest BCUT2D eigenvalue weighted by Crippen LogP contribution is -2.18. The van der Waals surface area contributed by atoms with E-state index in [1.54, 1.807) is 0 Å². The topological polar surface area (TPSA) is 52.3 Å². The van der Waals surface area contributed by atoms with Crippen LogP contribution in [-0.2, 0) is 4.74 Å². The molecule has 0 aliphatic heterocycles. The van der Waals surface area contributed by atoms with Crippen molar-refractivity contribution in [3.05, 3.63) is 34.4 Å². The lowest BCUT2D eigenvalue weighted by molar-refractivity contribution is 0.0586. The van der Waals surface area contributed by atoms with Gasteiger partial charge in [0.15, 0.2) is 23.3 Å². The van der Waals surface area contributed by atoms with Crippen LogP contribution >= 0.6 is 0 Å². The van der Waals surface area contributed by atoms with E-state index in [1.807, 2.05) is 0 Å². The van der Waals surface area contributed by atoms with Gasteiger partial charge in [-0.3, -0.25) is 0 Å². The standard InChI is InChI=1S/C10H9F4NO2/c1-3(15)4-6(11)8(13)5(10(16)17-2)9(14)7(4)12/h3H,15H2,1-2H3. The van der Waals surface area contributed by atoms with Crippen molar-refractivity contribution >= 4 is 5.97 Å². The molecule has 0 aromatic heterocycles. The molecule has 0 spiro atoms. The lowest BCUT2D eigenvalue weighted by Gasteiger charge is -2.12. The van der Waals surface area contributed by atoms with Crippen LogP contribution < -0.4 is 5.73 Å². The van der Waals surface area contributed by atoms with Gasteiger partial charge >= 0.3 is 5.97 Å². The number of methoxy groups -OCH3 is 1. The number of ether oxygens (including phenoxy) is 1. The molecule has 1 atom stereocenters. The number of hydrogen-bond donors (Lipinski definition) is 1. The molecule has 17 heavy (non-hydrogen) atoms. The third-order valence-electron chi connectivity index (χ3n) is 2.14. The van der Waals surface area contributed by atoms with E-state index in [4.69, 9.17) is 5.73 Å². The third kappa shape index (κ3) is 2.10. The van der Waals surface area contributed by atoms with Gasteiger partial charge in [0.25, 0.3) is 0 Å². The monoisotopic (exact) mass is 251 g/mol. The molecule has 1 unspecified atom stereocenters. The first-order valence-electron chi connectivity index (χ1n) is 4.52. The fourth-order valence-electron chi connectivity index (χ4n) is 1.33.